The van der Waals surface area contributed by atoms with Crippen molar-refractivity contribution in [2.45, 2.75) is 53.0 Å². The van der Waals surface area contributed by atoms with Gasteiger partial charge in [-0.1, -0.05) is 13.8 Å². The van der Waals surface area contributed by atoms with Crippen LogP contribution in [-0.4, -0.2) is 24.6 Å². The molecule has 2 rings (SSSR count). The van der Waals surface area contributed by atoms with E-state index in [1.54, 1.807) is 0 Å². The van der Waals surface area contributed by atoms with Crippen molar-refractivity contribution in [2.75, 3.05) is 24.5 Å². The zero-order valence-corrected chi connectivity index (χ0v) is 13.5. The summed E-state index contributed by atoms with van der Waals surface area (Å²) in [6.45, 7) is 12.4. The molecule has 4 heteroatoms. The summed E-state index contributed by atoms with van der Waals surface area (Å²) < 4.78 is 0. The van der Waals surface area contributed by atoms with E-state index in [1.807, 2.05) is 11.3 Å². The van der Waals surface area contributed by atoms with Crippen LogP contribution in [0.5, 0.6) is 0 Å². The Hall–Kier alpha value is -0.610. The summed E-state index contributed by atoms with van der Waals surface area (Å²) in [5.41, 5.74) is 1.20. The number of hydrogen-bond acceptors (Lipinski definition) is 4. The van der Waals surface area contributed by atoms with Crippen LogP contribution in [0.2, 0.25) is 0 Å². The minimum absolute atomic E-state index is 0.426. The Bertz CT molecular complexity index is 394. The van der Waals surface area contributed by atoms with Crippen LogP contribution < -0.4 is 10.2 Å². The molecule has 3 nitrogen and oxygen atoms in total. The van der Waals surface area contributed by atoms with Crippen LogP contribution in [-0.2, 0) is 0 Å². The predicted octanol–water partition coefficient (Wildman–Crippen LogP) is 3.75. The lowest BCUT2D eigenvalue weighted by Gasteiger charge is -2.29. The minimum atomic E-state index is 0.426. The molecule has 108 valence electrons. The Morgan fingerprint density at radius 1 is 1.42 bits per heavy atom. The van der Waals surface area contributed by atoms with Crippen molar-refractivity contribution in [3.8, 4) is 0 Å². The second-order valence-corrected chi connectivity index (χ2v) is 6.80. The van der Waals surface area contributed by atoms with Crippen molar-refractivity contribution < 1.29 is 0 Å². The lowest BCUT2D eigenvalue weighted by molar-refractivity contribution is 0.438. The van der Waals surface area contributed by atoms with Gasteiger partial charge in [-0.15, -0.1) is 11.3 Å². The molecule has 1 aliphatic rings. The number of aromatic nitrogens is 1. The number of anilines is 1. The molecule has 1 atom stereocenters. The summed E-state index contributed by atoms with van der Waals surface area (Å²) in [5.74, 6) is 0.877. The topological polar surface area (TPSA) is 28.2 Å². The van der Waals surface area contributed by atoms with Gasteiger partial charge in [-0.3, -0.25) is 0 Å². The van der Waals surface area contributed by atoms with Crippen molar-refractivity contribution in [3.05, 3.63) is 10.6 Å². The van der Waals surface area contributed by atoms with Gasteiger partial charge in [-0.2, -0.15) is 0 Å². The number of nitrogens with one attached hydrogen (secondary N) is 1. The van der Waals surface area contributed by atoms with Gasteiger partial charge in [0, 0.05) is 24.0 Å². The van der Waals surface area contributed by atoms with Gasteiger partial charge in [0.1, 0.15) is 0 Å². The first-order chi connectivity index (χ1) is 9.11. The second kappa shape index (κ2) is 6.71. The molecule has 1 aromatic rings. The molecule has 0 aromatic carbocycles. The molecule has 1 N–H and O–H groups in total. The monoisotopic (exact) mass is 281 g/mol. The number of nitrogens with zero attached hydrogens (tertiary/aromatic N) is 2. The van der Waals surface area contributed by atoms with E-state index < -0.39 is 0 Å². The molecule has 0 aliphatic carbocycles. The Labute approximate surface area is 121 Å². The molecule has 1 unspecified atom stereocenters. The summed E-state index contributed by atoms with van der Waals surface area (Å²) in [6, 6.07) is 0.426. The van der Waals surface area contributed by atoms with Gasteiger partial charge in [0.2, 0.25) is 0 Å². The summed E-state index contributed by atoms with van der Waals surface area (Å²) in [5, 5.41) is 4.79. The normalized spacial score (nSPS) is 18.8. The smallest absolute Gasteiger partial charge is 0.185 e. The lowest BCUT2D eigenvalue weighted by Crippen LogP contribution is -2.32. The zero-order valence-electron chi connectivity index (χ0n) is 12.7. The maximum absolute atomic E-state index is 4.79. The maximum Gasteiger partial charge on any atom is 0.185 e. The van der Waals surface area contributed by atoms with Gasteiger partial charge in [-0.05, 0) is 45.6 Å². The highest BCUT2D eigenvalue weighted by Gasteiger charge is 2.21. The molecule has 0 radical (unpaired) electrons. The van der Waals surface area contributed by atoms with Crippen molar-refractivity contribution >= 4 is 16.5 Å². The number of rotatable bonds is 5. The first kappa shape index (κ1) is 14.8. The number of thiazole rings is 1. The van der Waals surface area contributed by atoms with E-state index in [4.69, 9.17) is 4.98 Å². The molecule has 19 heavy (non-hydrogen) atoms. The third-order valence-electron chi connectivity index (χ3n) is 3.97. The van der Waals surface area contributed by atoms with Gasteiger partial charge < -0.3 is 10.2 Å². The molecule has 1 saturated heterocycles. The minimum Gasteiger partial charge on any atom is -0.348 e. The van der Waals surface area contributed by atoms with Gasteiger partial charge in [0.05, 0.1) is 5.69 Å². The first-order valence-corrected chi connectivity index (χ1v) is 8.39. The average Bonchev–Trinajstić information content (AvgIpc) is 2.79. The molecule has 1 aliphatic heterocycles. The average molecular weight is 281 g/mol. The molecule has 2 heterocycles. The molecular weight excluding hydrogens is 254 g/mol. The highest BCUT2D eigenvalue weighted by Crippen LogP contribution is 2.32. The summed E-state index contributed by atoms with van der Waals surface area (Å²) >= 11 is 1.88. The van der Waals surface area contributed by atoms with Gasteiger partial charge >= 0.3 is 0 Å². The Kier molecular flexibility index (Phi) is 5.22. The largest absolute Gasteiger partial charge is 0.348 e. The predicted molar refractivity (Wildman–Crippen MR) is 84.2 cm³/mol. The van der Waals surface area contributed by atoms with Crippen LogP contribution in [0.4, 0.5) is 5.13 Å². The Morgan fingerprint density at radius 3 is 2.74 bits per heavy atom. The van der Waals surface area contributed by atoms with Crippen molar-refractivity contribution in [2.24, 2.45) is 5.92 Å². The van der Waals surface area contributed by atoms with E-state index in [9.17, 15) is 0 Å². The van der Waals surface area contributed by atoms with Crippen LogP contribution in [0.1, 0.15) is 56.6 Å². The standard InChI is InChI=1S/C15H27N3S/c1-5-8-16-12(3)14-13(4)17-15(19-14)18-9-6-11(2)7-10-18/h11-12,16H,5-10H2,1-4H3. The fourth-order valence-electron chi connectivity index (χ4n) is 2.58. The molecule has 0 amide bonds. The number of hydrogen-bond donors (Lipinski definition) is 1. The second-order valence-electron chi connectivity index (χ2n) is 5.79. The SMILES string of the molecule is CCCNC(C)c1sc(N2CCC(C)CC2)nc1C. The Morgan fingerprint density at radius 2 is 2.11 bits per heavy atom. The van der Waals surface area contributed by atoms with Crippen LogP contribution in [0.3, 0.4) is 0 Å². The van der Waals surface area contributed by atoms with E-state index in [-0.39, 0.29) is 0 Å². The third-order valence-corrected chi connectivity index (χ3v) is 5.37. The lowest BCUT2D eigenvalue weighted by atomic mass is 10.00. The zero-order chi connectivity index (χ0) is 13.8. The van der Waals surface area contributed by atoms with E-state index >= 15 is 0 Å². The summed E-state index contributed by atoms with van der Waals surface area (Å²) in [4.78, 5) is 8.66. The van der Waals surface area contributed by atoms with Crippen molar-refractivity contribution in [1.29, 1.82) is 0 Å². The molecule has 1 fully saturated rings. The van der Waals surface area contributed by atoms with E-state index in [0.717, 1.165) is 12.5 Å². The molecular formula is C15H27N3S. The Balaban J connectivity index is 2.03. The highest BCUT2D eigenvalue weighted by atomic mass is 32.1. The van der Waals surface area contributed by atoms with Crippen molar-refractivity contribution in [3.63, 3.8) is 0 Å². The maximum atomic E-state index is 4.79. The van der Waals surface area contributed by atoms with Gasteiger partial charge in [0.15, 0.2) is 5.13 Å². The summed E-state index contributed by atoms with van der Waals surface area (Å²) in [6.07, 6.45) is 3.79. The molecule has 0 saturated carbocycles. The summed E-state index contributed by atoms with van der Waals surface area (Å²) in [7, 11) is 0. The van der Waals surface area contributed by atoms with Crippen LogP contribution in [0.15, 0.2) is 0 Å². The van der Waals surface area contributed by atoms with Crippen LogP contribution in [0.25, 0.3) is 0 Å². The van der Waals surface area contributed by atoms with Gasteiger partial charge in [0.25, 0.3) is 0 Å². The van der Waals surface area contributed by atoms with Crippen molar-refractivity contribution in [1.82, 2.24) is 10.3 Å². The third kappa shape index (κ3) is 3.69. The fraction of sp³-hybridized carbons (Fsp3) is 0.800. The number of aryl methyl sites for hydroxylation is 1. The van der Waals surface area contributed by atoms with E-state index in [1.165, 1.54) is 48.1 Å². The van der Waals surface area contributed by atoms with E-state index in [0.29, 0.717) is 6.04 Å². The van der Waals surface area contributed by atoms with Crippen LogP contribution in [0, 0.1) is 12.8 Å². The fourth-order valence-corrected chi connectivity index (χ4v) is 3.73. The van der Waals surface area contributed by atoms with Gasteiger partial charge in [-0.25, -0.2) is 4.98 Å². The first-order valence-electron chi connectivity index (χ1n) is 7.57. The molecule has 1 aromatic heterocycles. The molecule has 0 spiro atoms. The highest BCUT2D eigenvalue weighted by molar-refractivity contribution is 7.15. The molecule has 0 bridgehead atoms. The quantitative estimate of drug-likeness (QED) is 0.891. The number of piperidine rings is 1. The van der Waals surface area contributed by atoms with E-state index in [2.05, 4.69) is 37.9 Å². The van der Waals surface area contributed by atoms with Crippen LogP contribution >= 0.6 is 11.3 Å².